The first-order valence-electron chi connectivity index (χ1n) is 7.59. The van der Waals surface area contributed by atoms with Gasteiger partial charge in [0.1, 0.15) is 11.9 Å². The summed E-state index contributed by atoms with van der Waals surface area (Å²) in [5.74, 6) is 0.940. The second-order valence-electron chi connectivity index (χ2n) is 5.90. The van der Waals surface area contributed by atoms with Gasteiger partial charge in [-0.1, -0.05) is 0 Å². The second-order valence-corrected chi connectivity index (χ2v) is 5.90. The molecule has 6 nitrogen and oxygen atoms in total. The second kappa shape index (κ2) is 6.87. The summed E-state index contributed by atoms with van der Waals surface area (Å²) in [4.78, 5) is 16.4. The van der Waals surface area contributed by atoms with E-state index in [2.05, 4.69) is 19.9 Å². The Morgan fingerprint density at radius 2 is 2.09 bits per heavy atom. The molecule has 122 valence electrons. The van der Waals surface area contributed by atoms with Crippen molar-refractivity contribution in [3.63, 3.8) is 0 Å². The first-order chi connectivity index (χ1) is 11.1. The molecular weight excluding hydrogens is 297 g/mol. The van der Waals surface area contributed by atoms with Crippen LogP contribution in [0.2, 0.25) is 0 Å². The van der Waals surface area contributed by atoms with E-state index in [0.29, 0.717) is 12.5 Å². The minimum atomic E-state index is -0.425. The van der Waals surface area contributed by atoms with Gasteiger partial charge in [0, 0.05) is 31.8 Å². The summed E-state index contributed by atoms with van der Waals surface area (Å²) in [6.45, 7) is 2.26. The van der Waals surface area contributed by atoms with E-state index >= 15 is 0 Å². The first-order valence-corrected chi connectivity index (χ1v) is 7.59. The van der Waals surface area contributed by atoms with Crippen LogP contribution in [-0.2, 0) is 6.54 Å². The van der Waals surface area contributed by atoms with E-state index in [9.17, 15) is 4.39 Å². The molecule has 2 aromatic rings. The van der Waals surface area contributed by atoms with Crippen LogP contribution < -0.4 is 9.64 Å². The third-order valence-electron chi connectivity index (χ3n) is 3.60. The number of hydrogen-bond acceptors (Lipinski definition) is 6. The summed E-state index contributed by atoms with van der Waals surface area (Å²) in [5.41, 5.74) is 0.976. The molecule has 2 aromatic heterocycles. The van der Waals surface area contributed by atoms with Crippen LogP contribution in [0.5, 0.6) is 5.75 Å². The average Bonchev–Trinajstić information content (AvgIpc) is 2.96. The van der Waals surface area contributed by atoms with Crippen LogP contribution >= 0.6 is 0 Å². The number of ether oxygens (including phenoxy) is 1. The smallest absolute Gasteiger partial charge is 0.225 e. The van der Waals surface area contributed by atoms with Gasteiger partial charge in [0.15, 0.2) is 5.82 Å². The highest BCUT2D eigenvalue weighted by molar-refractivity contribution is 5.31. The highest BCUT2D eigenvalue weighted by atomic mass is 19.1. The fourth-order valence-corrected chi connectivity index (χ4v) is 2.61. The van der Waals surface area contributed by atoms with E-state index in [1.807, 2.05) is 31.1 Å². The maximum Gasteiger partial charge on any atom is 0.225 e. The molecule has 23 heavy (non-hydrogen) atoms. The number of rotatable bonds is 5. The van der Waals surface area contributed by atoms with E-state index in [-0.39, 0.29) is 6.10 Å². The molecule has 0 aromatic carbocycles. The molecule has 1 aliphatic rings. The molecule has 1 unspecified atom stereocenters. The van der Waals surface area contributed by atoms with Crippen molar-refractivity contribution in [3.8, 4) is 5.75 Å². The van der Waals surface area contributed by atoms with Gasteiger partial charge in [-0.05, 0) is 20.2 Å². The number of anilines is 1. The zero-order valence-electron chi connectivity index (χ0n) is 13.3. The van der Waals surface area contributed by atoms with Crippen molar-refractivity contribution in [2.24, 2.45) is 0 Å². The van der Waals surface area contributed by atoms with Crippen molar-refractivity contribution in [3.05, 3.63) is 42.2 Å². The van der Waals surface area contributed by atoms with Crippen molar-refractivity contribution in [2.45, 2.75) is 19.1 Å². The Balaban J connectivity index is 1.60. The number of aromatic nitrogens is 3. The van der Waals surface area contributed by atoms with Crippen LogP contribution in [0, 0.1) is 5.82 Å². The number of nitrogens with zero attached hydrogens (tertiary/aromatic N) is 5. The van der Waals surface area contributed by atoms with Crippen molar-refractivity contribution in [2.75, 3.05) is 32.1 Å². The quantitative estimate of drug-likeness (QED) is 0.837. The van der Waals surface area contributed by atoms with Crippen LogP contribution in [0.1, 0.15) is 12.1 Å². The largest absolute Gasteiger partial charge is 0.488 e. The summed E-state index contributed by atoms with van der Waals surface area (Å²) in [6, 6.07) is 3.84. The van der Waals surface area contributed by atoms with Gasteiger partial charge in [0.25, 0.3) is 0 Å². The molecule has 3 rings (SSSR count). The van der Waals surface area contributed by atoms with Gasteiger partial charge < -0.3 is 14.5 Å². The summed E-state index contributed by atoms with van der Waals surface area (Å²) in [6.07, 6.45) is 5.09. The monoisotopic (exact) mass is 317 g/mol. The fraction of sp³-hybridized carbons (Fsp3) is 0.438. The minimum Gasteiger partial charge on any atom is -0.488 e. The van der Waals surface area contributed by atoms with Crippen LogP contribution in [0.4, 0.5) is 10.3 Å². The third-order valence-corrected chi connectivity index (χ3v) is 3.60. The lowest BCUT2D eigenvalue weighted by Crippen LogP contribution is -2.26. The minimum absolute atomic E-state index is 0.0678. The fourth-order valence-electron chi connectivity index (χ4n) is 2.61. The van der Waals surface area contributed by atoms with Crippen molar-refractivity contribution < 1.29 is 9.13 Å². The molecule has 1 aliphatic heterocycles. The van der Waals surface area contributed by atoms with Crippen LogP contribution in [0.3, 0.4) is 0 Å². The van der Waals surface area contributed by atoms with Crippen LogP contribution in [-0.4, -0.2) is 53.1 Å². The molecule has 1 atom stereocenters. The number of pyridine rings is 1. The molecule has 0 amide bonds. The molecule has 0 radical (unpaired) electrons. The summed E-state index contributed by atoms with van der Waals surface area (Å²) < 4.78 is 18.9. The van der Waals surface area contributed by atoms with Gasteiger partial charge in [-0.25, -0.2) is 14.4 Å². The SMILES string of the molecule is CN(C)Cc1cc(OC2CCN(c3ncc(F)cn3)C2)ccn1. The van der Waals surface area contributed by atoms with Gasteiger partial charge in [0.2, 0.25) is 5.95 Å². The zero-order valence-corrected chi connectivity index (χ0v) is 13.3. The van der Waals surface area contributed by atoms with Crippen molar-refractivity contribution in [1.29, 1.82) is 0 Å². The summed E-state index contributed by atoms with van der Waals surface area (Å²) in [7, 11) is 4.01. The molecular formula is C16H20FN5O. The van der Waals surface area contributed by atoms with E-state index in [1.165, 1.54) is 12.4 Å². The number of halogens is 1. The maximum atomic E-state index is 12.9. The van der Waals surface area contributed by atoms with Gasteiger partial charge in [-0.3, -0.25) is 4.98 Å². The Morgan fingerprint density at radius 3 is 2.83 bits per heavy atom. The lowest BCUT2D eigenvalue weighted by atomic mass is 10.3. The average molecular weight is 317 g/mol. The Kier molecular flexibility index (Phi) is 4.66. The predicted molar refractivity (Wildman–Crippen MR) is 84.9 cm³/mol. The molecule has 0 spiro atoms. The maximum absolute atomic E-state index is 12.9. The Morgan fingerprint density at radius 1 is 1.30 bits per heavy atom. The van der Waals surface area contributed by atoms with Crippen LogP contribution in [0.15, 0.2) is 30.7 Å². The number of hydrogen-bond donors (Lipinski definition) is 0. The van der Waals surface area contributed by atoms with Crippen LogP contribution in [0.25, 0.3) is 0 Å². The Labute approximate surface area is 134 Å². The lowest BCUT2D eigenvalue weighted by molar-refractivity contribution is 0.224. The highest BCUT2D eigenvalue weighted by Crippen LogP contribution is 2.21. The predicted octanol–water partition coefficient (Wildman–Crippen LogP) is 1.73. The summed E-state index contributed by atoms with van der Waals surface area (Å²) >= 11 is 0. The molecule has 0 N–H and O–H groups in total. The molecule has 7 heteroatoms. The van der Waals surface area contributed by atoms with E-state index in [1.54, 1.807) is 6.20 Å². The molecule has 1 fully saturated rings. The zero-order chi connectivity index (χ0) is 16.2. The first kappa shape index (κ1) is 15.6. The van der Waals surface area contributed by atoms with Crippen molar-refractivity contribution in [1.82, 2.24) is 19.9 Å². The van der Waals surface area contributed by atoms with E-state index in [4.69, 9.17) is 4.74 Å². The summed E-state index contributed by atoms with van der Waals surface area (Å²) in [5, 5.41) is 0. The van der Waals surface area contributed by atoms with Gasteiger partial charge in [-0.2, -0.15) is 0 Å². The normalized spacial score (nSPS) is 17.7. The highest BCUT2D eigenvalue weighted by Gasteiger charge is 2.26. The van der Waals surface area contributed by atoms with Gasteiger partial charge >= 0.3 is 0 Å². The Hall–Kier alpha value is -2.28. The molecule has 0 saturated carbocycles. The molecule has 0 aliphatic carbocycles. The third kappa shape index (κ3) is 4.13. The van der Waals surface area contributed by atoms with Crippen molar-refractivity contribution >= 4 is 5.95 Å². The van der Waals surface area contributed by atoms with E-state index < -0.39 is 5.82 Å². The van der Waals surface area contributed by atoms with E-state index in [0.717, 1.165) is 31.0 Å². The molecule has 0 bridgehead atoms. The standard InChI is InChI=1S/C16H20FN5O/c1-21(2)10-13-7-14(3-5-18-13)23-15-4-6-22(11-15)16-19-8-12(17)9-20-16/h3,5,7-9,15H,4,6,10-11H2,1-2H3. The van der Waals surface area contributed by atoms with Gasteiger partial charge in [-0.15, -0.1) is 0 Å². The topological polar surface area (TPSA) is 54.4 Å². The molecule has 1 saturated heterocycles. The lowest BCUT2D eigenvalue weighted by Gasteiger charge is -2.17. The Bertz CT molecular complexity index is 649. The molecule has 3 heterocycles. The van der Waals surface area contributed by atoms with Gasteiger partial charge in [0.05, 0.1) is 24.6 Å².